The molecule has 268 valence electrons. The molecule has 3 aromatic carbocycles. The van der Waals surface area contributed by atoms with Gasteiger partial charge in [-0.1, -0.05) is 103 Å². The van der Waals surface area contributed by atoms with Crippen molar-refractivity contribution in [2.24, 2.45) is 11.8 Å². The molecule has 0 amide bonds. The van der Waals surface area contributed by atoms with E-state index in [0.717, 1.165) is 52.8 Å². The van der Waals surface area contributed by atoms with Crippen molar-refractivity contribution in [3.63, 3.8) is 0 Å². The Morgan fingerprint density at radius 1 is 0.551 bits per heavy atom. The molecule has 0 aromatic heterocycles. The molecule has 6 nitrogen and oxygen atoms in total. The van der Waals surface area contributed by atoms with Crippen molar-refractivity contribution in [2.75, 3.05) is 41.7 Å². The Hall–Kier alpha value is -3.71. The normalized spacial score (nSPS) is 12.7. The van der Waals surface area contributed by atoms with Gasteiger partial charge < -0.3 is 28.4 Å². The summed E-state index contributed by atoms with van der Waals surface area (Å²) in [6.45, 7) is 10.2. The predicted octanol–water partition coefficient (Wildman–Crippen LogP) is 11.5. The van der Waals surface area contributed by atoms with Crippen LogP contribution >= 0.6 is 12.6 Å². The first-order valence-corrected chi connectivity index (χ1v) is 18.3. The first-order chi connectivity index (χ1) is 23.8. The van der Waals surface area contributed by atoms with Gasteiger partial charge in [-0.3, -0.25) is 0 Å². The second kappa shape index (κ2) is 21.4. The third-order valence-electron chi connectivity index (χ3n) is 8.96. The van der Waals surface area contributed by atoms with E-state index in [1.165, 1.54) is 25.7 Å². The van der Waals surface area contributed by atoms with Crippen LogP contribution in [0.25, 0.3) is 24.3 Å². The van der Waals surface area contributed by atoms with Gasteiger partial charge in [-0.25, -0.2) is 0 Å². The lowest BCUT2D eigenvalue weighted by atomic mass is 10.0. The number of hydrogen-bond donors (Lipinski definition) is 1. The highest BCUT2D eigenvalue weighted by Crippen LogP contribution is 2.41. The lowest BCUT2D eigenvalue weighted by Gasteiger charge is -2.19. The molecule has 0 saturated carbocycles. The fourth-order valence-electron chi connectivity index (χ4n) is 5.66. The van der Waals surface area contributed by atoms with Gasteiger partial charge in [0, 0.05) is 4.90 Å². The number of rotatable bonds is 22. The van der Waals surface area contributed by atoms with Crippen molar-refractivity contribution in [3.8, 4) is 34.5 Å². The summed E-state index contributed by atoms with van der Waals surface area (Å²) in [5, 5.41) is 0. The van der Waals surface area contributed by atoms with E-state index in [9.17, 15) is 0 Å². The molecular weight excluding hydrogens is 633 g/mol. The van der Waals surface area contributed by atoms with E-state index < -0.39 is 0 Å². The smallest absolute Gasteiger partial charge is 0.203 e. The highest BCUT2D eigenvalue weighted by atomic mass is 32.1. The molecule has 2 atom stereocenters. The number of benzene rings is 3. The zero-order valence-corrected chi connectivity index (χ0v) is 31.9. The minimum Gasteiger partial charge on any atom is -0.493 e. The Labute approximate surface area is 301 Å². The maximum Gasteiger partial charge on any atom is 0.203 e. The molecule has 49 heavy (non-hydrogen) atoms. The molecule has 0 bridgehead atoms. The van der Waals surface area contributed by atoms with Crippen molar-refractivity contribution >= 4 is 36.9 Å². The number of methoxy groups -OCH3 is 4. The van der Waals surface area contributed by atoms with Crippen LogP contribution in [0.1, 0.15) is 101 Å². The summed E-state index contributed by atoms with van der Waals surface area (Å²) in [7, 11) is 6.64. The minimum absolute atomic E-state index is 0.505. The molecule has 3 rings (SSSR count). The van der Waals surface area contributed by atoms with Gasteiger partial charge in [-0.15, -0.1) is 12.6 Å². The Morgan fingerprint density at radius 3 is 1.33 bits per heavy atom. The molecule has 2 unspecified atom stereocenters. The molecule has 0 aliphatic heterocycles. The lowest BCUT2D eigenvalue weighted by Crippen LogP contribution is -2.12. The van der Waals surface area contributed by atoms with Crippen LogP contribution < -0.4 is 28.4 Å². The number of ether oxygens (including phenoxy) is 6. The van der Waals surface area contributed by atoms with Crippen LogP contribution in [0.3, 0.4) is 0 Å². The SMILES string of the molecule is CCCCC(CC)COc1c(OC)cc(/C=C/c2ccc(/C=C/c3cc(OC)c(OCC(CC)CCCC)c(OC)c3)c(S)c2)cc1OC. The first-order valence-electron chi connectivity index (χ1n) is 17.8. The maximum atomic E-state index is 6.26. The van der Waals surface area contributed by atoms with E-state index >= 15 is 0 Å². The van der Waals surface area contributed by atoms with Gasteiger partial charge in [-0.2, -0.15) is 0 Å². The molecule has 7 heteroatoms. The monoisotopic (exact) mass is 690 g/mol. The second-order valence-corrected chi connectivity index (χ2v) is 12.9. The van der Waals surface area contributed by atoms with E-state index in [1.54, 1.807) is 28.4 Å². The summed E-state index contributed by atoms with van der Waals surface area (Å²) < 4.78 is 35.4. The second-order valence-electron chi connectivity index (χ2n) is 12.4. The molecule has 0 radical (unpaired) electrons. The Bertz CT molecular complexity index is 1450. The number of unbranched alkanes of at least 4 members (excludes halogenated alkanes) is 2. The van der Waals surface area contributed by atoms with Crippen LogP contribution in [0.5, 0.6) is 34.5 Å². The topological polar surface area (TPSA) is 55.4 Å². The number of thiol groups is 1. The summed E-state index contributed by atoms with van der Waals surface area (Å²) in [6, 6.07) is 14.1. The highest BCUT2D eigenvalue weighted by molar-refractivity contribution is 7.80. The summed E-state index contributed by atoms with van der Waals surface area (Å²) in [6.07, 6.45) is 17.4. The van der Waals surface area contributed by atoms with Crippen molar-refractivity contribution in [3.05, 3.63) is 64.7 Å². The third kappa shape index (κ3) is 12.0. The van der Waals surface area contributed by atoms with Crippen LogP contribution in [0.4, 0.5) is 0 Å². The van der Waals surface area contributed by atoms with E-state index in [0.29, 0.717) is 59.5 Å². The highest BCUT2D eigenvalue weighted by Gasteiger charge is 2.17. The number of hydrogen-bond acceptors (Lipinski definition) is 7. The zero-order valence-electron chi connectivity index (χ0n) is 31.0. The molecule has 0 aliphatic carbocycles. The molecule has 3 aromatic rings. The summed E-state index contributed by atoms with van der Waals surface area (Å²) in [4.78, 5) is 0.863. The largest absolute Gasteiger partial charge is 0.493 e. The maximum absolute atomic E-state index is 6.26. The standard InChI is InChI=1S/C42H58O6S/c1-9-13-15-30(11-3)28-47-41-36(43-5)23-33(24-37(41)44-6)18-17-32-19-21-35(40(49)27-32)22-20-34-25-38(45-7)42(39(26-34)46-8)48-29-31(12-4)16-14-10-2/h17-27,30-31,49H,9-16,28-29H2,1-8H3/b18-17+,22-20+. The van der Waals surface area contributed by atoms with Crippen molar-refractivity contribution in [2.45, 2.75) is 84.0 Å². The molecule has 0 fully saturated rings. The van der Waals surface area contributed by atoms with Gasteiger partial charge in [-0.05, 0) is 77.3 Å². The Balaban J connectivity index is 1.75. The average Bonchev–Trinajstić information content (AvgIpc) is 3.13. The van der Waals surface area contributed by atoms with Crippen molar-refractivity contribution < 1.29 is 28.4 Å². The molecule has 0 saturated heterocycles. The predicted molar refractivity (Wildman–Crippen MR) is 208 cm³/mol. The molecule has 0 spiro atoms. The quantitative estimate of drug-likeness (QED) is 0.0836. The summed E-state index contributed by atoms with van der Waals surface area (Å²) in [5.41, 5.74) is 3.91. The van der Waals surface area contributed by atoms with Gasteiger partial charge in [0.05, 0.1) is 41.7 Å². The van der Waals surface area contributed by atoms with Gasteiger partial charge >= 0.3 is 0 Å². The fourth-order valence-corrected chi connectivity index (χ4v) is 5.96. The average molecular weight is 691 g/mol. The Morgan fingerprint density at radius 2 is 0.959 bits per heavy atom. The lowest BCUT2D eigenvalue weighted by molar-refractivity contribution is 0.215. The third-order valence-corrected chi connectivity index (χ3v) is 9.34. The Kier molecular flexibility index (Phi) is 17.3. The minimum atomic E-state index is 0.505. The van der Waals surface area contributed by atoms with E-state index in [1.807, 2.05) is 48.6 Å². The summed E-state index contributed by atoms with van der Waals surface area (Å²) in [5.74, 6) is 4.93. The molecular formula is C42H58O6S. The van der Waals surface area contributed by atoms with E-state index in [4.69, 9.17) is 41.0 Å². The van der Waals surface area contributed by atoms with Gasteiger partial charge in [0.25, 0.3) is 0 Å². The van der Waals surface area contributed by atoms with Gasteiger partial charge in [0.15, 0.2) is 23.0 Å². The van der Waals surface area contributed by atoms with Crippen molar-refractivity contribution in [1.82, 2.24) is 0 Å². The fraction of sp³-hybridized carbons (Fsp3) is 0.476. The van der Waals surface area contributed by atoms with E-state index in [2.05, 4.69) is 45.9 Å². The van der Waals surface area contributed by atoms with Crippen LogP contribution in [0.2, 0.25) is 0 Å². The zero-order chi connectivity index (χ0) is 35.6. The van der Waals surface area contributed by atoms with Crippen molar-refractivity contribution in [1.29, 1.82) is 0 Å². The molecule has 0 aliphatic rings. The van der Waals surface area contributed by atoms with Crippen LogP contribution in [0, 0.1) is 11.8 Å². The van der Waals surface area contributed by atoms with Crippen LogP contribution in [-0.4, -0.2) is 41.7 Å². The molecule has 0 heterocycles. The van der Waals surface area contributed by atoms with Crippen LogP contribution in [-0.2, 0) is 0 Å². The molecule has 0 N–H and O–H groups in total. The first kappa shape index (κ1) is 39.7. The van der Waals surface area contributed by atoms with E-state index in [-0.39, 0.29) is 0 Å². The van der Waals surface area contributed by atoms with Crippen LogP contribution in [0.15, 0.2) is 47.4 Å². The van der Waals surface area contributed by atoms with Gasteiger partial charge in [0.2, 0.25) is 11.5 Å². The summed E-state index contributed by atoms with van der Waals surface area (Å²) >= 11 is 4.80. The van der Waals surface area contributed by atoms with Gasteiger partial charge in [0.1, 0.15) is 0 Å².